The summed E-state index contributed by atoms with van der Waals surface area (Å²) in [5, 5.41) is 0. The minimum atomic E-state index is 0.530. The second-order valence-corrected chi connectivity index (χ2v) is 4.94. The van der Waals surface area contributed by atoms with Crippen LogP contribution in [0.4, 0.5) is 0 Å². The van der Waals surface area contributed by atoms with E-state index in [0.29, 0.717) is 5.92 Å². The van der Waals surface area contributed by atoms with E-state index in [0.717, 1.165) is 31.0 Å². The van der Waals surface area contributed by atoms with Crippen LogP contribution in [0.5, 0.6) is 5.75 Å². The average Bonchev–Trinajstić information content (AvgIpc) is 2.71. The fourth-order valence-electron chi connectivity index (χ4n) is 2.57. The van der Waals surface area contributed by atoms with E-state index in [-0.39, 0.29) is 0 Å². The number of hydrogen-bond donors (Lipinski definition) is 0. The predicted octanol–water partition coefficient (Wildman–Crippen LogP) is 3.07. The molecule has 0 saturated carbocycles. The van der Waals surface area contributed by atoms with Crippen LogP contribution in [0.15, 0.2) is 30.6 Å². The molecule has 1 aromatic carbocycles. The largest absolute Gasteiger partial charge is 0.493 e. The van der Waals surface area contributed by atoms with Gasteiger partial charge >= 0.3 is 0 Å². The van der Waals surface area contributed by atoms with Gasteiger partial charge in [0.1, 0.15) is 5.75 Å². The number of rotatable bonds is 2. The van der Waals surface area contributed by atoms with Crippen molar-refractivity contribution in [2.75, 3.05) is 6.61 Å². The summed E-state index contributed by atoms with van der Waals surface area (Å²) in [6.07, 6.45) is 3.02. The number of aromatic nitrogens is 2. The number of nitrogens with zero attached hydrogens (tertiary/aromatic N) is 2. The van der Waals surface area contributed by atoms with Crippen LogP contribution in [0.1, 0.15) is 29.3 Å². The molecule has 18 heavy (non-hydrogen) atoms. The number of imidazole rings is 1. The number of benzene rings is 1. The zero-order valence-electron chi connectivity index (χ0n) is 10.9. The minimum Gasteiger partial charge on any atom is -0.493 e. The quantitative estimate of drug-likeness (QED) is 0.809. The molecule has 94 valence electrons. The normalized spacial score (nSPS) is 18.2. The van der Waals surface area contributed by atoms with E-state index in [1.165, 1.54) is 11.3 Å². The van der Waals surface area contributed by atoms with Crippen molar-refractivity contribution in [3.63, 3.8) is 0 Å². The van der Waals surface area contributed by atoms with Crippen molar-refractivity contribution in [2.45, 2.75) is 32.7 Å². The molecular weight excluding hydrogens is 224 g/mol. The van der Waals surface area contributed by atoms with Gasteiger partial charge in [0.25, 0.3) is 0 Å². The molecule has 1 aromatic heterocycles. The standard InChI is InChI=1S/C15H18N2O/c1-11-12(2)17(10-16-11)9-13-7-8-18-15-6-4-3-5-14(13)15/h3-6,10,13H,7-9H2,1-2H3. The van der Waals surface area contributed by atoms with Gasteiger partial charge in [-0.3, -0.25) is 0 Å². The van der Waals surface area contributed by atoms with E-state index in [9.17, 15) is 0 Å². The zero-order valence-corrected chi connectivity index (χ0v) is 10.9. The van der Waals surface area contributed by atoms with E-state index in [2.05, 4.69) is 41.6 Å². The molecule has 0 aliphatic carbocycles. The summed E-state index contributed by atoms with van der Waals surface area (Å²) in [5.41, 5.74) is 3.71. The first-order chi connectivity index (χ1) is 8.75. The third-order valence-corrected chi connectivity index (χ3v) is 3.84. The molecule has 0 fully saturated rings. The summed E-state index contributed by atoms with van der Waals surface area (Å²) >= 11 is 0. The van der Waals surface area contributed by atoms with Gasteiger partial charge in [-0.05, 0) is 31.9 Å². The van der Waals surface area contributed by atoms with Crippen molar-refractivity contribution in [3.05, 3.63) is 47.5 Å². The molecule has 1 atom stereocenters. The first kappa shape index (κ1) is 11.3. The Labute approximate surface area is 107 Å². The van der Waals surface area contributed by atoms with Gasteiger partial charge in [-0.1, -0.05) is 18.2 Å². The van der Waals surface area contributed by atoms with Crippen LogP contribution in [-0.4, -0.2) is 16.2 Å². The molecule has 0 bridgehead atoms. The number of para-hydroxylation sites is 1. The fraction of sp³-hybridized carbons (Fsp3) is 0.400. The van der Waals surface area contributed by atoms with Crippen molar-refractivity contribution >= 4 is 0 Å². The van der Waals surface area contributed by atoms with Gasteiger partial charge in [-0.15, -0.1) is 0 Å². The summed E-state index contributed by atoms with van der Waals surface area (Å²) in [4.78, 5) is 4.37. The monoisotopic (exact) mass is 242 g/mol. The van der Waals surface area contributed by atoms with Gasteiger partial charge in [-0.2, -0.15) is 0 Å². The van der Waals surface area contributed by atoms with Crippen molar-refractivity contribution in [1.82, 2.24) is 9.55 Å². The fourth-order valence-corrected chi connectivity index (χ4v) is 2.57. The first-order valence-electron chi connectivity index (χ1n) is 6.46. The van der Waals surface area contributed by atoms with Crippen LogP contribution in [0.25, 0.3) is 0 Å². The highest BCUT2D eigenvalue weighted by Gasteiger charge is 2.21. The summed E-state index contributed by atoms with van der Waals surface area (Å²) < 4.78 is 7.95. The van der Waals surface area contributed by atoms with Gasteiger partial charge in [0.15, 0.2) is 0 Å². The lowest BCUT2D eigenvalue weighted by Crippen LogP contribution is -2.18. The number of aryl methyl sites for hydroxylation is 1. The maximum atomic E-state index is 5.70. The molecule has 0 radical (unpaired) electrons. The smallest absolute Gasteiger partial charge is 0.122 e. The van der Waals surface area contributed by atoms with Crippen LogP contribution in [-0.2, 0) is 6.54 Å². The maximum Gasteiger partial charge on any atom is 0.122 e. The Balaban J connectivity index is 1.89. The molecule has 3 rings (SSSR count). The lowest BCUT2D eigenvalue weighted by molar-refractivity contribution is 0.258. The van der Waals surface area contributed by atoms with E-state index in [1.54, 1.807) is 0 Å². The number of hydrogen-bond acceptors (Lipinski definition) is 2. The van der Waals surface area contributed by atoms with Gasteiger partial charge in [0, 0.05) is 18.2 Å². The Kier molecular flexibility index (Phi) is 2.82. The molecule has 0 amide bonds. The molecule has 1 aliphatic heterocycles. The third kappa shape index (κ3) is 1.90. The second kappa shape index (κ2) is 4.48. The Morgan fingerprint density at radius 3 is 2.94 bits per heavy atom. The highest BCUT2D eigenvalue weighted by molar-refractivity contribution is 5.37. The highest BCUT2D eigenvalue weighted by atomic mass is 16.5. The van der Waals surface area contributed by atoms with E-state index < -0.39 is 0 Å². The van der Waals surface area contributed by atoms with Crippen molar-refractivity contribution in [1.29, 1.82) is 0 Å². The first-order valence-corrected chi connectivity index (χ1v) is 6.46. The van der Waals surface area contributed by atoms with E-state index in [1.807, 2.05) is 12.4 Å². The average molecular weight is 242 g/mol. The lowest BCUT2D eigenvalue weighted by atomic mass is 9.93. The third-order valence-electron chi connectivity index (χ3n) is 3.84. The number of fused-ring (bicyclic) bond motifs is 1. The van der Waals surface area contributed by atoms with E-state index in [4.69, 9.17) is 4.74 Å². The zero-order chi connectivity index (χ0) is 12.5. The molecule has 3 heteroatoms. The maximum absolute atomic E-state index is 5.70. The van der Waals surface area contributed by atoms with E-state index >= 15 is 0 Å². The van der Waals surface area contributed by atoms with Crippen LogP contribution >= 0.6 is 0 Å². The second-order valence-electron chi connectivity index (χ2n) is 4.94. The molecule has 0 N–H and O–H groups in total. The van der Waals surface area contributed by atoms with Gasteiger partial charge in [0.2, 0.25) is 0 Å². The summed E-state index contributed by atoms with van der Waals surface area (Å²) in [5.74, 6) is 1.57. The molecule has 2 heterocycles. The van der Waals surface area contributed by atoms with Crippen LogP contribution in [0.2, 0.25) is 0 Å². The van der Waals surface area contributed by atoms with Gasteiger partial charge < -0.3 is 9.30 Å². The molecule has 0 saturated heterocycles. The van der Waals surface area contributed by atoms with Gasteiger partial charge in [-0.25, -0.2) is 4.98 Å². The Morgan fingerprint density at radius 2 is 2.17 bits per heavy atom. The SMILES string of the molecule is Cc1ncn(CC2CCOc3ccccc32)c1C. The minimum absolute atomic E-state index is 0.530. The van der Waals surface area contributed by atoms with Crippen LogP contribution < -0.4 is 4.74 Å². The topological polar surface area (TPSA) is 27.1 Å². The Bertz CT molecular complexity index is 559. The van der Waals surface area contributed by atoms with Crippen molar-refractivity contribution in [2.24, 2.45) is 0 Å². The lowest BCUT2D eigenvalue weighted by Gasteiger charge is -2.26. The summed E-state index contributed by atoms with van der Waals surface area (Å²) in [6.45, 7) is 6.00. The molecule has 1 unspecified atom stereocenters. The molecule has 2 aromatic rings. The van der Waals surface area contributed by atoms with Crippen LogP contribution in [0, 0.1) is 13.8 Å². The van der Waals surface area contributed by atoms with Crippen molar-refractivity contribution in [3.8, 4) is 5.75 Å². The molecule has 3 nitrogen and oxygen atoms in total. The predicted molar refractivity (Wildman–Crippen MR) is 71.0 cm³/mol. The molecule has 1 aliphatic rings. The van der Waals surface area contributed by atoms with Gasteiger partial charge in [0.05, 0.1) is 18.6 Å². The number of ether oxygens (including phenoxy) is 1. The van der Waals surface area contributed by atoms with Crippen molar-refractivity contribution < 1.29 is 4.74 Å². The molecule has 0 spiro atoms. The highest BCUT2D eigenvalue weighted by Crippen LogP contribution is 2.34. The molecular formula is C15H18N2O. The van der Waals surface area contributed by atoms with Crippen LogP contribution in [0.3, 0.4) is 0 Å². The summed E-state index contributed by atoms with van der Waals surface area (Å²) in [7, 11) is 0. The Hall–Kier alpha value is -1.77. The Morgan fingerprint density at radius 1 is 1.33 bits per heavy atom. The summed E-state index contributed by atoms with van der Waals surface area (Å²) in [6, 6.07) is 8.37.